The Morgan fingerprint density at radius 2 is 1.49 bits per heavy atom. The summed E-state index contributed by atoms with van der Waals surface area (Å²) < 4.78 is 35.6. The highest BCUT2D eigenvalue weighted by atomic mass is 79.9. The lowest BCUT2D eigenvalue weighted by atomic mass is 10.1. The summed E-state index contributed by atoms with van der Waals surface area (Å²) in [6.07, 6.45) is -0.274. The molecule has 0 fully saturated rings. The lowest BCUT2D eigenvalue weighted by Gasteiger charge is -2.08. The molecule has 0 saturated carbocycles. The minimum Gasteiger partial charge on any atom is -0.457 e. The minimum atomic E-state index is -4.01. The Morgan fingerprint density at radius 1 is 0.857 bits per heavy atom. The molecule has 0 aliphatic heterocycles. The second kappa shape index (κ2) is 11.8. The van der Waals surface area contributed by atoms with Gasteiger partial charge in [-0.2, -0.15) is 8.42 Å². The number of rotatable bonds is 10. The lowest BCUT2D eigenvalue weighted by molar-refractivity contribution is -0.143. The van der Waals surface area contributed by atoms with Crippen LogP contribution in [0.3, 0.4) is 0 Å². The largest absolute Gasteiger partial charge is 0.457 e. The van der Waals surface area contributed by atoms with Gasteiger partial charge in [0.25, 0.3) is 0 Å². The molecule has 0 heterocycles. The second-order valence-electron chi connectivity index (χ2n) is 7.51. The molecular weight excluding hydrogens is 538 g/mol. The van der Waals surface area contributed by atoms with E-state index in [2.05, 4.69) is 21.2 Å². The molecule has 0 radical (unpaired) electrons. The van der Waals surface area contributed by atoms with Crippen LogP contribution in [0, 0.1) is 6.92 Å². The summed E-state index contributed by atoms with van der Waals surface area (Å²) in [7, 11) is -4.01. The number of hydrogen-bond donors (Lipinski definition) is 1. The van der Waals surface area contributed by atoms with E-state index in [1.807, 2.05) is 6.92 Å². The minimum absolute atomic E-state index is 0.0145. The van der Waals surface area contributed by atoms with E-state index in [4.69, 9.17) is 8.92 Å². The second-order valence-corrected chi connectivity index (χ2v) is 9.98. The van der Waals surface area contributed by atoms with Crippen molar-refractivity contribution in [2.24, 2.45) is 0 Å². The van der Waals surface area contributed by atoms with E-state index in [1.54, 1.807) is 36.4 Å². The van der Waals surface area contributed by atoms with Crippen molar-refractivity contribution in [3.63, 3.8) is 0 Å². The molecule has 0 aliphatic rings. The van der Waals surface area contributed by atoms with Crippen LogP contribution >= 0.6 is 15.9 Å². The van der Waals surface area contributed by atoms with E-state index in [-0.39, 0.29) is 35.0 Å². The van der Waals surface area contributed by atoms with E-state index in [0.29, 0.717) is 5.69 Å². The molecule has 35 heavy (non-hydrogen) atoms. The number of carbonyl (C=O) groups is 3. The van der Waals surface area contributed by atoms with Crippen LogP contribution in [0.25, 0.3) is 0 Å². The molecule has 0 saturated heterocycles. The van der Waals surface area contributed by atoms with Gasteiger partial charge < -0.3 is 14.2 Å². The first-order valence-electron chi connectivity index (χ1n) is 10.5. The highest BCUT2D eigenvalue weighted by molar-refractivity contribution is 9.10. The number of amides is 1. The first-order chi connectivity index (χ1) is 16.6. The van der Waals surface area contributed by atoms with Crippen LogP contribution in [0.15, 0.2) is 82.2 Å². The van der Waals surface area contributed by atoms with Crippen molar-refractivity contribution in [1.82, 2.24) is 0 Å². The van der Waals surface area contributed by atoms with Gasteiger partial charge in [0.2, 0.25) is 5.91 Å². The Hall–Kier alpha value is -3.50. The fraction of sp³-hybridized carbons (Fsp3) is 0.160. The fourth-order valence-corrected chi connectivity index (χ4v) is 4.04. The van der Waals surface area contributed by atoms with Gasteiger partial charge in [-0.25, -0.2) is 0 Å². The number of aryl methyl sites for hydroxylation is 1. The predicted molar refractivity (Wildman–Crippen MR) is 133 cm³/mol. The number of benzene rings is 3. The van der Waals surface area contributed by atoms with Crippen molar-refractivity contribution >= 4 is 49.4 Å². The van der Waals surface area contributed by atoms with Crippen LogP contribution in [-0.4, -0.2) is 32.7 Å². The zero-order valence-electron chi connectivity index (χ0n) is 18.7. The first kappa shape index (κ1) is 26.1. The maximum atomic E-state index is 12.4. The zero-order valence-corrected chi connectivity index (χ0v) is 21.1. The van der Waals surface area contributed by atoms with Crippen molar-refractivity contribution < 1.29 is 31.7 Å². The third-order valence-electron chi connectivity index (χ3n) is 4.74. The highest BCUT2D eigenvalue weighted by Gasteiger charge is 2.17. The summed E-state index contributed by atoms with van der Waals surface area (Å²) in [5.74, 6) is -1.48. The van der Waals surface area contributed by atoms with Gasteiger partial charge in [-0.15, -0.1) is 0 Å². The smallest absolute Gasteiger partial charge is 0.339 e. The highest BCUT2D eigenvalue weighted by Crippen LogP contribution is 2.20. The molecule has 1 N–H and O–H groups in total. The molecule has 0 bridgehead atoms. The molecule has 0 atom stereocenters. The number of esters is 1. The third-order valence-corrected chi connectivity index (χ3v) is 6.53. The molecule has 0 aromatic heterocycles. The molecule has 3 rings (SSSR count). The van der Waals surface area contributed by atoms with E-state index in [1.165, 1.54) is 36.4 Å². The monoisotopic (exact) mass is 559 g/mol. The number of nitrogens with one attached hydrogen (secondary N) is 1. The topological polar surface area (TPSA) is 116 Å². The van der Waals surface area contributed by atoms with E-state index < -0.39 is 28.5 Å². The van der Waals surface area contributed by atoms with Gasteiger partial charge >= 0.3 is 16.1 Å². The molecular formula is C25H22BrNO7S. The number of carbonyl (C=O) groups excluding carboxylic acids is 3. The van der Waals surface area contributed by atoms with E-state index in [9.17, 15) is 22.8 Å². The molecule has 8 nitrogen and oxygen atoms in total. The molecule has 182 valence electrons. The Kier molecular flexibility index (Phi) is 8.78. The maximum Gasteiger partial charge on any atom is 0.339 e. The average Bonchev–Trinajstić information content (AvgIpc) is 2.83. The van der Waals surface area contributed by atoms with Crippen molar-refractivity contribution in [1.29, 1.82) is 0 Å². The molecule has 10 heteroatoms. The van der Waals surface area contributed by atoms with Crippen LogP contribution in [0.2, 0.25) is 0 Å². The normalized spacial score (nSPS) is 10.9. The molecule has 3 aromatic carbocycles. The van der Waals surface area contributed by atoms with Crippen molar-refractivity contribution in [3.05, 3.63) is 88.4 Å². The summed E-state index contributed by atoms with van der Waals surface area (Å²) in [5, 5.41) is 2.66. The van der Waals surface area contributed by atoms with Crippen LogP contribution in [0.1, 0.15) is 28.8 Å². The summed E-state index contributed by atoms with van der Waals surface area (Å²) in [6.45, 7) is 1.33. The van der Waals surface area contributed by atoms with Gasteiger partial charge in [0.1, 0.15) is 10.6 Å². The van der Waals surface area contributed by atoms with Gasteiger partial charge in [-0.3, -0.25) is 14.4 Å². The first-order valence-corrected chi connectivity index (χ1v) is 12.7. The Labute approximate surface area is 211 Å². The van der Waals surface area contributed by atoms with Gasteiger partial charge in [-0.05, 0) is 67.6 Å². The van der Waals surface area contributed by atoms with Crippen LogP contribution < -0.4 is 9.50 Å². The number of anilines is 1. The van der Waals surface area contributed by atoms with Crippen LogP contribution in [0.5, 0.6) is 5.75 Å². The van der Waals surface area contributed by atoms with E-state index >= 15 is 0 Å². The standard InChI is InChI=1S/C25H22BrNO7S/c1-17-2-12-22(13-3-17)35(31,32)34-21-10-4-18(5-11-21)23(28)16-33-25(30)15-14-24(29)27-20-8-6-19(26)7-9-20/h2-13H,14-16H2,1H3,(H,27,29). The predicted octanol–water partition coefficient (Wildman–Crippen LogP) is 4.67. The molecule has 0 unspecified atom stereocenters. The van der Waals surface area contributed by atoms with Gasteiger partial charge in [0.05, 0.1) is 6.42 Å². The average molecular weight is 560 g/mol. The fourth-order valence-electron chi connectivity index (χ4n) is 2.85. The Morgan fingerprint density at radius 3 is 2.11 bits per heavy atom. The molecule has 0 spiro atoms. The third kappa shape index (κ3) is 8.04. The van der Waals surface area contributed by atoms with Crippen molar-refractivity contribution in [3.8, 4) is 5.75 Å². The van der Waals surface area contributed by atoms with Crippen molar-refractivity contribution in [2.75, 3.05) is 11.9 Å². The summed E-state index contributed by atoms with van der Waals surface area (Å²) in [6, 6.07) is 18.6. The number of hydrogen-bond acceptors (Lipinski definition) is 7. The zero-order chi connectivity index (χ0) is 25.4. The van der Waals surface area contributed by atoms with Gasteiger partial charge in [0.15, 0.2) is 12.4 Å². The quantitative estimate of drug-likeness (QED) is 0.218. The number of ether oxygens (including phenoxy) is 1. The lowest BCUT2D eigenvalue weighted by Crippen LogP contribution is -2.17. The number of ketones is 1. The van der Waals surface area contributed by atoms with Crippen LogP contribution in [0.4, 0.5) is 5.69 Å². The van der Waals surface area contributed by atoms with Gasteiger partial charge in [0, 0.05) is 22.1 Å². The summed E-state index contributed by atoms with van der Waals surface area (Å²) in [4.78, 5) is 36.1. The number of halogens is 1. The molecule has 1 amide bonds. The SMILES string of the molecule is Cc1ccc(S(=O)(=O)Oc2ccc(C(=O)COC(=O)CCC(=O)Nc3ccc(Br)cc3)cc2)cc1. The Balaban J connectivity index is 1.45. The molecule has 3 aromatic rings. The van der Waals surface area contributed by atoms with Crippen molar-refractivity contribution in [2.45, 2.75) is 24.7 Å². The molecule has 0 aliphatic carbocycles. The summed E-state index contributed by atoms with van der Waals surface area (Å²) >= 11 is 3.30. The number of Topliss-reactive ketones (excluding diaryl/α,β-unsaturated/α-hetero) is 1. The summed E-state index contributed by atoms with van der Waals surface area (Å²) in [5.41, 5.74) is 1.73. The Bertz CT molecular complexity index is 1300. The maximum absolute atomic E-state index is 12.4. The van der Waals surface area contributed by atoms with E-state index in [0.717, 1.165) is 10.0 Å². The van der Waals surface area contributed by atoms with Gasteiger partial charge in [-0.1, -0.05) is 33.6 Å². The van der Waals surface area contributed by atoms with Crippen LogP contribution in [-0.2, 0) is 24.4 Å².